The lowest BCUT2D eigenvalue weighted by molar-refractivity contribution is -0.144. The molecule has 158 valence electrons. The number of piperidine rings is 1. The monoisotopic (exact) mass is 412 g/mol. The molecule has 1 N–H and O–H groups in total. The second kappa shape index (κ2) is 9.87. The van der Waals surface area contributed by atoms with Gasteiger partial charge in [-0.3, -0.25) is 9.78 Å². The summed E-state index contributed by atoms with van der Waals surface area (Å²) in [6.07, 6.45) is 3.14. The van der Waals surface area contributed by atoms with Gasteiger partial charge in [0.05, 0.1) is 24.4 Å². The predicted molar refractivity (Wildman–Crippen MR) is 107 cm³/mol. The highest BCUT2D eigenvalue weighted by Crippen LogP contribution is 2.32. The number of methoxy groups -OCH3 is 1. The molecule has 1 saturated heterocycles. The van der Waals surface area contributed by atoms with Crippen LogP contribution < -0.4 is 0 Å². The average molecular weight is 412 g/mol. The molecule has 1 aromatic heterocycles. The Kier molecular flexibility index (Phi) is 7.00. The van der Waals surface area contributed by atoms with Gasteiger partial charge < -0.3 is 19.5 Å². The second-order valence-electron chi connectivity index (χ2n) is 7.06. The van der Waals surface area contributed by atoms with Gasteiger partial charge in [-0.05, 0) is 37.0 Å². The number of aromatic nitrogens is 1. The van der Waals surface area contributed by atoms with Crippen LogP contribution in [0, 0.1) is 0 Å². The van der Waals surface area contributed by atoms with E-state index < -0.39 is 23.9 Å². The SMILES string of the molecule is COC(=O)C(c1ccccc1)C1CCCCN1C(=O)OCc1cc(C(=O)O)ccn1. The lowest BCUT2D eigenvalue weighted by atomic mass is 9.85. The first-order chi connectivity index (χ1) is 14.5. The van der Waals surface area contributed by atoms with Crippen LogP contribution in [0.2, 0.25) is 0 Å². The van der Waals surface area contributed by atoms with Gasteiger partial charge in [0.2, 0.25) is 0 Å². The maximum Gasteiger partial charge on any atom is 0.410 e. The molecule has 1 amide bonds. The zero-order chi connectivity index (χ0) is 21.5. The Labute approximate surface area is 174 Å². The summed E-state index contributed by atoms with van der Waals surface area (Å²) in [5, 5.41) is 9.08. The third kappa shape index (κ3) is 4.94. The minimum Gasteiger partial charge on any atom is -0.478 e. The van der Waals surface area contributed by atoms with Gasteiger partial charge in [0.25, 0.3) is 0 Å². The third-order valence-corrected chi connectivity index (χ3v) is 5.19. The zero-order valence-electron chi connectivity index (χ0n) is 16.7. The third-order valence-electron chi connectivity index (χ3n) is 5.19. The maximum atomic E-state index is 12.9. The van der Waals surface area contributed by atoms with Crippen LogP contribution in [-0.4, -0.2) is 52.7 Å². The van der Waals surface area contributed by atoms with Crippen molar-refractivity contribution in [1.82, 2.24) is 9.88 Å². The number of esters is 1. The summed E-state index contributed by atoms with van der Waals surface area (Å²) in [7, 11) is 1.34. The number of carbonyl (C=O) groups is 3. The summed E-state index contributed by atoms with van der Waals surface area (Å²) in [6.45, 7) is 0.309. The first-order valence-electron chi connectivity index (χ1n) is 9.75. The summed E-state index contributed by atoms with van der Waals surface area (Å²) in [5.74, 6) is -2.09. The molecule has 2 aromatic rings. The van der Waals surface area contributed by atoms with Gasteiger partial charge in [-0.25, -0.2) is 9.59 Å². The van der Waals surface area contributed by atoms with E-state index in [1.165, 1.54) is 25.4 Å². The molecule has 1 aliphatic heterocycles. The Bertz CT molecular complexity index is 902. The van der Waals surface area contributed by atoms with Gasteiger partial charge >= 0.3 is 18.0 Å². The number of benzene rings is 1. The van der Waals surface area contributed by atoms with E-state index in [4.69, 9.17) is 14.6 Å². The first-order valence-corrected chi connectivity index (χ1v) is 9.75. The topological polar surface area (TPSA) is 106 Å². The summed E-state index contributed by atoms with van der Waals surface area (Å²) in [5.41, 5.74) is 1.19. The number of nitrogens with zero attached hydrogens (tertiary/aromatic N) is 2. The number of rotatable bonds is 6. The minimum atomic E-state index is -1.08. The molecule has 1 aromatic carbocycles. The molecule has 0 bridgehead atoms. The van der Waals surface area contributed by atoms with Crippen molar-refractivity contribution in [1.29, 1.82) is 0 Å². The van der Waals surface area contributed by atoms with Crippen molar-refractivity contribution in [2.24, 2.45) is 0 Å². The molecule has 8 heteroatoms. The zero-order valence-corrected chi connectivity index (χ0v) is 16.7. The molecule has 0 radical (unpaired) electrons. The van der Waals surface area contributed by atoms with Crippen LogP contribution in [0.1, 0.15) is 46.8 Å². The number of likely N-dealkylation sites (tertiary alicyclic amines) is 1. The molecule has 0 spiro atoms. The van der Waals surface area contributed by atoms with Crippen LogP contribution in [0.25, 0.3) is 0 Å². The number of amides is 1. The largest absolute Gasteiger partial charge is 0.478 e. The number of aromatic carboxylic acids is 1. The lowest BCUT2D eigenvalue weighted by Gasteiger charge is -2.38. The number of hydrogen-bond donors (Lipinski definition) is 1. The van der Waals surface area contributed by atoms with E-state index in [-0.39, 0.29) is 18.2 Å². The van der Waals surface area contributed by atoms with E-state index in [1.54, 1.807) is 4.90 Å². The van der Waals surface area contributed by atoms with Crippen LogP contribution in [0.5, 0.6) is 0 Å². The summed E-state index contributed by atoms with van der Waals surface area (Å²) in [4.78, 5) is 42.2. The highest BCUT2D eigenvalue weighted by Gasteiger charge is 2.39. The van der Waals surface area contributed by atoms with Crippen molar-refractivity contribution in [2.75, 3.05) is 13.7 Å². The van der Waals surface area contributed by atoms with Crippen LogP contribution in [0.3, 0.4) is 0 Å². The summed E-state index contributed by atoms with van der Waals surface area (Å²) in [6, 6.07) is 11.6. The van der Waals surface area contributed by atoms with Crippen molar-refractivity contribution in [3.05, 3.63) is 65.5 Å². The standard InChI is InChI=1S/C22H24N2O6/c1-29-21(27)19(15-7-3-2-4-8-15)18-9-5-6-12-24(18)22(28)30-14-17-13-16(20(25)26)10-11-23-17/h2-4,7-8,10-11,13,18-19H,5-6,9,12,14H2,1H3,(H,25,26). The molecule has 0 saturated carbocycles. The van der Waals surface area contributed by atoms with Gasteiger partial charge in [-0.1, -0.05) is 30.3 Å². The molecule has 2 heterocycles. The number of carbonyl (C=O) groups excluding carboxylic acids is 2. The number of carboxylic acids is 1. The van der Waals surface area contributed by atoms with E-state index in [0.717, 1.165) is 18.4 Å². The first kappa shape index (κ1) is 21.3. The number of hydrogen-bond acceptors (Lipinski definition) is 6. The minimum absolute atomic E-state index is 0.0710. The fourth-order valence-corrected chi connectivity index (χ4v) is 3.74. The van der Waals surface area contributed by atoms with E-state index in [1.807, 2.05) is 30.3 Å². The molecular weight excluding hydrogens is 388 g/mol. The Morgan fingerprint density at radius 3 is 2.67 bits per heavy atom. The number of ether oxygens (including phenoxy) is 2. The van der Waals surface area contributed by atoms with Crippen molar-refractivity contribution in [3.63, 3.8) is 0 Å². The van der Waals surface area contributed by atoms with Gasteiger partial charge in [0.15, 0.2) is 0 Å². The molecule has 0 aliphatic carbocycles. The molecule has 1 aliphatic rings. The highest BCUT2D eigenvalue weighted by molar-refractivity contribution is 5.87. The highest BCUT2D eigenvalue weighted by atomic mass is 16.6. The fraction of sp³-hybridized carbons (Fsp3) is 0.364. The van der Waals surface area contributed by atoms with Crippen molar-refractivity contribution in [3.8, 4) is 0 Å². The normalized spacial score (nSPS) is 17.1. The smallest absolute Gasteiger partial charge is 0.410 e. The van der Waals surface area contributed by atoms with Gasteiger partial charge in [0, 0.05) is 12.7 Å². The van der Waals surface area contributed by atoms with E-state index >= 15 is 0 Å². The lowest BCUT2D eigenvalue weighted by Crippen LogP contribution is -2.49. The maximum absolute atomic E-state index is 12.9. The van der Waals surface area contributed by atoms with Gasteiger partial charge in [0.1, 0.15) is 12.5 Å². The van der Waals surface area contributed by atoms with Gasteiger partial charge in [-0.15, -0.1) is 0 Å². The molecule has 8 nitrogen and oxygen atoms in total. The molecule has 2 atom stereocenters. The quantitative estimate of drug-likeness (QED) is 0.726. The van der Waals surface area contributed by atoms with E-state index in [2.05, 4.69) is 4.98 Å². The molecule has 3 rings (SSSR count). The molecular formula is C22H24N2O6. The Morgan fingerprint density at radius 1 is 1.20 bits per heavy atom. The number of pyridine rings is 1. The summed E-state index contributed by atoms with van der Waals surface area (Å²) >= 11 is 0. The number of carboxylic acid groups (broad SMARTS) is 1. The molecule has 30 heavy (non-hydrogen) atoms. The van der Waals surface area contributed by atoms with Crippen LogP contribution in [-0.2, 0) is 20.9 Å². The Balaban J connectivity index is 1.77. The van der Waals surface area contributed by atoms with Crippen molar-refractivity contribution >= 4 is 18.0 Å². The summed E-state index contributed by atoms with van der Waals surface area (Å²) < 4.78 is 10.4. The van der Waals surface area contributed by atoms with Crippen LogP contribution >= 0.6 is 0 Å². The predicted octanol–water partition coefficient (Wildman–Crippen LogP) is 3.23. The van der Waals surface area contributed by atoms with E-state index in [9.17, 15) is 14.4 Å². The van der Waals surface area contributed by atoms with E-state index in [0.29, 0.717) is 18.7 Å². The van der Waals surface area contributed by atoms with Crippen molar-refractivity contribution in [2.45, 2.75) is 37.8 Å². The van der Waals surface area contributed by atoms with Crippen LogP contribution in [0.15, 0.2) is 48.7 Å². The second-order valence-corrected chi connectivity index (χ2v) is 7.06. The van der Waals surface area contributed by atoms with Crippen LogP contribution in [0.4, 0.5) is 4.79 Å². The van der Waals surface area contributed by atoms with Crippen molar-refractivity contribution < 1.29 is 29.0 Å². The molecule has 2 unspecified atom stereocenters. The molecule has 1 fully saturated rings. The fourth-order valence-electron chi connectivity index (χ4n) is 3.74. The Hall–Kier alpha value is -3.42. The Morgan fingerprint density at radius 2 is 1.97 bits per heavy atom. The van der Waals surface area contributed by atoms with Gasteiger partial charge in [-0.2, -0.15) is 0 Å². The average Bonchev–Trinajstić information content (AvgIpc) is 2.78.